The van der Waals surface area contributed by atoms with Gasteiger partial charge in [-0.2, -0.15) is 13.2 Å². The lowest BCUT2D eigenvalue weighted by Crippen LogP contribution is -2.10. The Bertz CT molecular complexity index is 687. The van der Waals surface area contributed by atoms with Gasteiger partial charge in [-0.05, 0) is 18.2 Å². The number of nitrogens with zero attached hydrogens (tertiary/aromatic N) is 1. The number of nitrogen functional groups attached to an aromatic ring is 1. The zero-order valence-electron chi connectivity index (χ0n) is 10.5. The molecule has 1 aromatic heterocycles. The quantitative estimate of drug-likeness (QED) is 0.810. The predicted octanol–water partition coefficient (Wildman–Crippen LogP) is 3.12. The van der Waals surface area contributed by atoms with Crippen LogP contribution in [0.2, 0.25) is 0 Å². The van der Waals surface area contributed by atoms with Gasteiger partial charge in [0.25, 0.3) is 0 Å². The maximum Gasteiger partial charge on any atom is 0.418 e. The van der Waals surface area contributed by atoms with Crippen molar-refractivity contribution in [2.24, 2.45) is 0 Å². The van der Waals surface area contributed by atoms with Gasteiger partial charge in [-0.1, -0.05) is 12.1 Å². The Kier molecular flexibility index (Phi) is 3.70. The van der Waals surface area contributed by atoms with Gasteiger partial charge in [0.05, 0.1) is 28.7 Å². The molecule has 1 heterocycles. The Morgan fingerprint density at radius 2 is 1.95 bits per heavy atom. The Hall–Kier alpha value is -2.77. The first-order valence-electron chi connectivity index (χ1n) is 5.71. The highest BCUT2D eigenvalue weighted by Gasteiger charge is 2.33. The summed E-state index contributed by atoms with van der Waals surface area (Å²) in [5.74, 6) is -1.33. The van der Waals surface area contributed by atoms with Gasteiger partial charge < -0.3 is 16.2 Å². The van der Waals surface area contributed by atoms with E-state index in [9.17, 15) is 18.0 Å². The monoisotopic (exact) mass is 297 g/mol. The number of alkyl halides is 3. The third kappa shape index (κ3) is 3.22. The van der Waals surface area contributed by atoms with E-state index in [0.29, 0.717) is 0 Å². The summed E-state index contributed by atoms with van der Waals surface area (Å²) in [6.07, 6.45) is -3.46. The molecule has 21 heavy (non-hydrogen) atoms. The van der Waals surface area contributed by atoms with Gasteiger partial charge in [0.15, 0.2) is 0 Å². The highest BCUT2D eigenvalue weighted by molar-refractivity contribution is 5.94. The smallest absolute Gasteiger partial charge is 0.418 e. The third-order valence-corrected chi connectivity index (χ3v) is 2.66. The summed E-state index contributed by atoms with van der Waals surface area (Å²) < 4.78 is 38.5. The second-order valence-corrected chi connectivity index (χ2v) is 4.13. The fourth-order valence-corrected chi connectivity index (χ4v) is 1.70. The lowest BCUT2D eigenvalue weighted by Gasteiger charge is -2.14. The molecular weight excluding hydrogens is 287 g/mol. The van der Waals surface area contributed by atoms with Crippen LogP contribution in [-0.4, -0.2) is 16.1 Å². The molecule has 0 atom stereocenters. The van der Waals surface area contributed by atoms with Crippen molar-refractivity contribution in [2.75, 3.05) is 11.1 Å². The zero-order chi connectivity index (χ0) is 15.6. The van der Waals surface area contributed by atoms with E-state index in [1.165, 1.54) is 18.2 Å². The molecule has 0 aliphatic rings. The van der Waals surface area contributed by atoms with Crippen LogP contribution in [0.5, 0.6) is 0 Å². The van der Waals surface area contributed by atoms with Crippen molar-refractivity contribution in [3.05, 3.63) is 47.7 Å². The van der Waals surface area contributed by atoms with E-state index in [2.05, 4.69) is 10.3 Å². The highest BCUT2D eigenvalue weighted by atomic mass is 19.4. The van der Waals surface area contributed by atoms with Crippen molar-refractivity contribution < 1.29 is 23.1 Å². The summed E-state index contributed by atoms with van der Waals surface area (Å²) in [5.41, 5.74) is 4.02. The average Bonchev–Trinajstić information content (AvgIpc) is 2.40. The summed E-state index contributed by atoms with van der Waals surface area (Å²) in [6.45, 7) is 0. The third-order valence-electron chi connectivity index (χ3n) is 2.66. The molecule has 0 bridgehead atoms. The summed E-state index contributed by atoms with van der Waals surface area (Å²) in [7, 11) is 0. The van der Waals surface area contributed by atoms with Crippen molar-refractivity contribution in [2.45, 2.75) is 6.18 Å². The molecule has 2 rings (SSSR count). The van der Waals surface area contributed by atoms with Crippen molar-refractivity contribution in [1.29, 1.82) is 0 Å². The Labute approximate surface area is 117 Å². The van der Waals surface area contributed by atoms with Crippen LogP contribution in [0.15, 0.2) is 36.5 Å². The van der Waals surface area contributed by atoms with Crippen molar-refractivity contribution in [3.63, 3.8) is 0 Å². The van der Waals surface area contributed by atoms with E-state index in [0.717, 1.165) is 18.3 Å². The molecule has 0 spiro atoms. The number of carboxylic acid groups (broad SMARTS) is 1. The van der Waals surface area contributed by atoms with Crippen LogP contribution in [0.1, 0.15) is 15.9 Å². The largest absolute Gasteiger partial charge is 0.478 e. The number of hydrogen-bond acceptors (Lipinski definition) is 4. The molecule has 0 fully saturated rings. The molecule has 0 aliphatic carbocycles. The molecule has 8 heteroatoms. The molecule has 0 radical (unpaired) electrons. The van der Waals surface area contributed by atoms with Crippen LogP contribution < -0.4 is 11.1 Å². The number of benzene rings is 1. The van der Waals surface area contributed by atoms with Crippen molar-refractivity contribution in [3.8, 4) is 0 Å². The second-order valence-electron chi connectivity index (χ2n) is 4.13. The van der Waals surface area contributed by atoms with E-state index in [4.69, 9.17) is 10.8 Å². The molecule has 110 valence electrons. The number of nitrogens with two attached hydrogens (primary N) is 1. The van der Waals surface area contributed by atoms with Crippen LogP contribution in [-0.2, 0) is 6.18 Å². The molecule has 5 nitrogen and oxygen atoms in total. The normalized spacial score (nSPS) is 11.2. The van der Waals surface area contributed by atoms with Gasteiger partial charge >= 0.3 is 12.1 Å². The van der Waals surface area contributed by atoms with E-state index >= 15 is 0 Å². The molecule has 4 N–H and O–H groups in total. The van der Waals surface area contributed by atoms with Crippen LogP contribution in [0, 0.1) is 0 Å². The predicted molar refractivity (Wildman–Crippen MR) is 70.3 cm³/mol. The Morgan fingerprint density at radius 3 is 2.57 bits per heavy atom. The van der Waals surface area contributed by atoms with Crippen molar-refractivity contribution in [1.82, 2.24) is 4.98 Å². The fourth-order valence-electron chi connectivity index (χ4n) is 1.70. The average molecular weight is 297 g/mol. The Morgan fingerprint density at radius 1 is 1.29 bits per heavy atom. The summed E-state index contributed by atoms with van der Waals surface area (Å²) in [4.78, 5) is 14.7. The zero-order valence-corrected chi connectivity index (χ0v) is 10.5. The molecule has 0 unspecified atom stereocenters. The van der Waals surface area contributed by atoms with Gasteiger partial charge in [-0.15, -0.1) is 0 Å². The fraction of sp³-hybridized carbons (Fsp3) is 0.0769. The number of anilines is 3. The van der Waals surface area contributed by atoms with E-state index in [-0.39, 0.29) is 22.8 Å². The summed E-state index contributed by atoms with van der Waals surface area (Å²) >= 11 is 0. The minimum Gasteiger partial charge on any atom is -0.478 e. The number of halogens is 3. The van der Waals surface area contributed by atoms with Crippen molar-refractivity contribution >= 4 is 23.2 Å². The summed E-state index contributed by atoms with van der Waals surface area (Å²) in [5, 5.41) is 11.4. The second kappa shape index (κ2) is 5.31. The van der Waals surface area contributed by atoms with Crippen LogP contribution in [0.25, 0.3) is 0 Å². The highest BCUT2D eigenvalue weighted by Crippen LogP contribution is 2.35. The molecule has 0 aliphatic heterocycles. The van der Waals surface area contributed by atoms with E-state index in [1.54, 1.807) is 0 Å². The van der Waals surface area contributed by atoms with E-state index < -0.39 is 17.7 Å². The number of para-hydroxylation sites is 1. The number of rotatable bonds is 3. The van der Waals surface area contributed by atoms with Gasteiger partial charge in [0, 0.05) is 0 Å². The maximum absolute atomic E-state index is 12.8. The first kappa shape index (κ1) is 14.6. The number of pyridine rings is 1. The maximum atomic E-state index is 12.8. The number of aromatic carboxylic acids is 1. The standard InChI is InChI=1S/C13H10F3N3O2/c14-13(15,16)8-3-1-2-4-10(8)19-11-5-7(12(20)21)9(17)6-18-11/h1-6H,17H2,(H,18,19)(H,20,21). The van der Waals surface area contributed by atoms with E-state index in [1.807, 2.05) is 0 Å². The van der Waals surface area contributed by atoms with Gasteiger partial charge in [0.1, 0.15) is 5.82 Å². The van der Waals surface area contributed by atoms with Crippen LogP contribution in [0.4, 0.5) is 30.4 Å². The van der Waals surface area contributed by atoms with Gasteiger partial charge in [-0.25, -0.2) is 9.78 Å². The topological polar surface area (TPSA) is 88.2 Å². The van der Waals surface area contributed by atoms with Crippen LogP contribution in [0.3, 0.4) is 0 Å². The lowest BCUT2D eigenvalue weighted by atomic mass is 10.1. The number of nitrogens with one attached hydrogen (secondary N) is 1. The van der Waals surface area contributed by atoms with Crippen LogP contribution >= 0.6 is 0 Å². The summed E-state index contributed by atoms with van der Waals surface area (Å²) in [6, 6.07) is 5.89. The van der Waals surface area contributed by atoms with Gasteiger partial charge in [0.2, 0.25) is 0 Å². The molecule has 0 amide bonds. The number of aromatic nitrogens is 1. The SMILES string of the molecule is Nc1cnc(Nc2ccccc2C(F)(F)F)cc1C(=O)O. The molecule has 2 aromatic rings. The number of carboxylic acids is 1. The lowest BCUT2D eigenvalue weighted by molar-refractivity contribution is -0.136. The minimum atomic E-state index is -4.53. The first-order chi connectivity index (χ1) is 9.79. The molecule has 0 saturated heterocycles. The Balaban J connectivity index is 2.40. The first-order valence-corrected chi connectivity index (χ1v) is 5.71. The van der Waals surface area contributed by atoms with Gasteiger partial charge in [-0.3, -0.25) is 0 Å². The molecular formula is C13H10F3N3O2. The number of hydrogen-bond donors (Lipinski definition) is 3. The molecule has 0 saturated carbocycles. The molecule has 1 aromatic carbocycles. The minimum absolute atomic E-state index is 0.0432. The number of carbonyl (C=O) groups is 1.